The molecule has 2 aliphatic heterocycles. The Hall–Kier alpha value is -0.610. The molecular formula is C15H29N3O. The molecule has 2 heterocycles. The first-order valence-electron chi connectivity index (χ1n) is 7.81. The van der Waals surface area contributed by atoms with E-state index in [1.165, 1.54) is 25.9 Å². The second-order valence-electron chi connectivity index (χ2n) is 6.66. The van der Waals surface area contributed by atoms with Crippen molar-refractivity contribution in [2.24, 2.45) is 11.3 Å². The van der Waals surface area contributed by atoms with E-state index < -0.39 is 0 Å². The third kappa shape index (κ3) is 4.18. The molecule has 0 aromatic rings. The Bertz CT molecular complexity index is 294. The van der Waals surface area contributed by atoms with Crippen LogP contribution in [0.4, 0.5) is 0 Å². The number of piperidine rings is 1. The van der Waals surface area contributed by atoms with Gasteiger partial charge in [0, 0.05) is 19.6 Å². The summed E-state index contributed by atoms with van der Waals surface area (Å²) >= 11 is 0. The highest BCUT2D eigenvalue weighted by molar-refractivity contribution is 5.82. The van der Waals surface area contributed by atoms with Gasteiger partial charge in [-0.15, -0.1) is 0 Å². The molecule has 2 rings (SSSR count). The smallest absolute Gasteiger partial charge is 0.227 e. The SMILES string of the molecule is CC(CNC(=O)C1(C)CCCNC1)CN1CCCC1. The largest absolute Gasteiger partial charge is 0.355 e. The Kier molecular flexibility index (Phi) is 5.22. The molecule has 2 saturated heterocycles. The van der Waals surface area contributed by atoms with Gasteiger partial charge in [0.05, 0.1) is 5.41 Å². The van der Waals surface area contributed by atoms with E-state index in [1.807, 2.05) is 0 Å². The molecule has 0 spiro atoms. The zero-order valence-electron chi connectivity index (χ0n) is 12.5. The lowest BCUT2D eigenvalue weighted by Crippen LogP contribution is -2.49. The Morgan fingerprint density at radius 2 is 2.11 bits per heavy atom. The molecule has 2 atom stereocenters. The van der Waals surface area contributed by atoms with Gasteiger partial charge in [0.2, 0.25) is 5.91 Å². The van der Waals surface area contributed by atoms with Crippen LogP contribution in [0.3, 0.4) is 0 Å². The van der Waals surface area contributed by atoms with Crippen LogP contribution in [-0.4, -0.2) is 50.1 Å². The number of nitrogens with one attached hydrogen (secondary N) is 2. The van der Waals surface area contributed by atoms with Crippen molar-refractivity contribution in [3.05, 3.63) is 0 Å². The van der Waals surface area contributed by atoms with E-state index in [9.17, 15) is 4.79 Å². The number of amides is 1. The average Bonchev–Trinajstić information content (AvgIpc) is 2.89. The third-order valence-corrected chi connectivity index (χ3v) is 4.53. The zero-order valence-corrected chi connectivity index (χ0v) is 12.5. The molecule has 2 fully saturated rings. The fraction of sp³-hybridized carbons (Fsp3) is 0.933. The van der Waals surface area contributed by atoms with E-state index in [1.54, 1.807) is 0 Å². The molecule has 0 bridgehead atoms. The lowest BCUT2D eigenvalue weighted by molar-refractivity contribution is -0.131. The fourth-order valence-corrected chi connectivity index (χ4v) is 3.20. The minimum absolute atomic E-state index is 0.203. The van der Waals surface area contributed by atoms with Crippen molar-refractivity contribution in [2.45, 2.75) is 39.5 Å². The van der Waals surface area contributed by atoms with Crippen molar-refractivity contribution >= 4 is 5.91 Å². The van der Waals surface area contributed by atoms with Crippen molar-refractivity contribution in [1.82, 2.24) is 15.5 Å². The maximum absolute atomic E-state index is 12.3. The fourth-order valence-electron chi connectivity index (χ4n) is 3.20. The summed E-state index contributed by atoms with van der Waals surface area (Å²) in [4.78, 5) is 14.8. The van der Waals surface area contributed by atoms with Gasteiger partial charge in [-0.1, -0.05) is 6.92 Å². The lowest BCUT2D eigenvalue weighted by Gasteiger charge is -2.33. The predicted octanol–water partition coefficient (Wildman–Crippen LogP) is 1.22. The summed E-state index contributed by atoms with van der Waals surface area (Å²) in [7, 11) is 0. The molecule has 0 aliphatic carbocycles. The van der Waals surface area contributed by atoms with Crippen LogP contribution < -0.4 is 10.6 Å². The Labute approximate surface area is 117 Å². The van der Waals surface area contributed by atoms with Crippen LogP contribution in [0.5, 0.6) is 0 Å². The number of likely N-dealkylation sites (tertiary alicyclic amines) is 1. The maximum Gasteiger partial charge on any atom is 0.227 e. The van der Waals surface area contributed by atoms with Crippen molar-refractivity contribution in [1.29, 1.82) is 0 Å². The van der Waals surface area contributed by atoms with E-state index in [2.05, 4.69) is 29.4 Å². The van der Waals surface area contributed by atoms with Gasteiger partial charge >= 0.3 is 0 Å². The van der Waals surface area contributed by atoms with Gasteiger partial charge in [-0.05, 0) is 58.2 Å². The first-order valence-corrected chi connectivity index (χ1v) is 7.81. The van der Waals surface area contributed by atoms with E-state index >= 15 is 0 Å². The van der Waals surface area contributed by atoms with Crippen molar-refractivity contribution in [2.75, 3.05) is 39.3 Å². The molecule has 0 aromatic heterocycles. The quantitative estimate of drug-likeness (QED) is 0.787. The minimum Gasteiger partial charge on any atom is -0.355 e. The number of carbonyl (C=O) groups excluding carboxylic acids is 1. The predicted molar refractivity (Wildman–Crippen MR) is 78.1 cm³/mol. The standard InChI is InChI=1S/C15H29N3O/c1-13(11-18-8-3-4-9-18)10-17-14(19)15(2)6-5-7-16-12-15/h13,16H,3-12H2,1-2H3,(H,17,19). The second kappa shape index (κ2) is 6.71. The zero-order chi connectivity index (χ0) is 13.7. The van der Waals surface area contributed by atoms with Gasteiger partial charge in [0.1, 0.15) is 0 Å². The molecule has 1 amide bonds. The van der Waals surface area contributed by atoms with Gasteiger partial charge in [0.25, 0.3) is 0 Å². The lowest BCUT2D eigenvalue weighted by atomic mass is 9.82. The topological polar surface area (TPSA) is 44.4 Å². The maximum atomic E-state index is 12.3. The summed E-state index contributed by atoms with van der Waals surface area (Å²) < 4.78 is 0. The number of nitrogens with zero attached hydrogens (tertiary/aromatic N) is 1. The van der Waals surface area contributed by atoms with Crippen LogP contribution in [0.2, 0.25) is 0 Å². The van der Waals surface area contributed by atoms with E-state index in [4.69, 9.17) is 0 Å². The molecule has 2 aliphatic rings. The summed E-state index contributed by atoms with van der Waals surface area (Å²) in [6, 6.07) is 0. The Morgan fingerprint density at radius 3 is 2.74 bits per heavy atom. The molecule has 2 N–H and O–H groups in total. The van der Waals surface area contributed by atoms with Gasteiger partial charge in [-0.25, -0.2) is 0 Å². The molecule has 4 nitrogen and oxygen atoms in total. The third-order valence-electron chi connectivity index (χ3n) is 4.53. The number of rotatable bonds is 5. The van der Waals surface area contributed by atoms with Crippen LogP contribution in [0.25, 0.3) is 0 Å². The van der Waals surface area contributed by atoms with E-state index in [0.717, 1.165) is 39.0 Å². The second-order valence-corrected chi connectivity index (χ2v) is 6.66. The number of hydrogen-bond donors (Lipinski definition) is 2. The molecule has 4 heteroatoms. The summed E-state index contributed by atoms with van der Waals surface area (Å²) in [6.07, 6.45) is 4.78. The molecule has 0 aromatic carbocycles. The van der Waals surface area contributed by atoms with Crippen LogP contribution in [0.15, 0.2) is 0 Å². The minimum atomic E-state index is -0.203. The van der Waals surface area contributed by atoms with Crippen LogP contribution >= 0.6 is 0 Å². The van der Waals surface area contributed by atoms with Gasteiger partial charge in [0.15, 0.2) is 0 Å². The van der Waals surface area contributed by atoms with Crippen LogP contribution in [-0.2, 0) is 4.79 Å². The monoisotopic (exact) mass is 267 g/mol. The normalized spacial score (nSPS) is 30.2. The van der Waals surface area contributed by atoms with Gasteiger partial charge in [-0.2, -0.15) is 0 Å². The highest BCUT2D eigenvalue weighted by atomic mass is 16.2. The average molecular weight is 267 g/mol. The molecule has 0 radical (unpaired) electrons. The van der Waals surface area contributed by atoms with E-state index in [-0.39, 0.29) is 11.3 Å². The molecule has 19 heavy (non-hydrogen) atoms. The van der Waals surface area contributed by atoms with E-state index in [0.29, 0.717) is 5.92 Å². The first-order chi connectivity index (χ1) is 9.10. The summed E-state index contributed by atoms with van der Waals surface area (Å²) in [5.74, 6) is 0.773. The summed E-state index contributed by atoms with van der Waals surface area (Å²) in [6.45, 7) is 10.6. The summed E-state index contributed by atoms with van der Waals surface area (Å²) in [5.41, 5.74) is -0.203. The van der Waals surface area contributed by atoms with Gasteiger partial charge in [-0.3, -0.25) is 4.79 Å². The summed E-state index contributed by atoms with van der Waals surface area (Å²) in [5, 5.41) is 6.49. The van der Waals surface area contributed by atoms with Crippen molar-refractivity contribution in [3.8, 4) is 0 Å². The molecular weight excluding hydrogens is 238 g/mol. The molecule has 110 valence electrons. The van der Waals surface area contributed by atoms with Crippen molar-refractivity contribution < 1.29 is 4.79 Å². The number of carbonyl (C=O) groups is 1. The van der Waals surface area contributed by atoms with Gasteiger partial charge < -0.3 is 15.5 Å². The highest BCUT2D eigenvalue weighted by Gasteiger charge is 2.34. The molecule has 0 saturated carbocycles. The molecule has 2 unspecified atom stereocenters. The van der Waals surface area contributed by atoms with Crippen LogP contribution in [0, 0.1) is 11.3 Å². The highest BCUT2D eigenvalue weighted by Crippen LogP contribution is 2.25. The Balaban J connectivity index is 1.69. The Morgan fingerprint density at radius 1 is 1.37 bits per heavy atom. The van der Waals surface area contributed by atoms with Crippen LogP contribution in [0.1, 0.15) is 39.5 Å². The number of hydrogen-bond acceptors (Lipinski definition) is 3. The first kappa shape index (κ1) is 14.8. The van der Waals surface area contributed by atoms with Crippen molar-refractivity contribution in [3.63, 3.8) is 0 Å².